The number of rotatable bonds is 6. The van der Waals surface area contributed by atoms with Gasteiger partial charge in [-0.2, -0.15) is 0 Å². The second-order valence-corrected chi connectivity index (χ2v) is 6.63. The van der Waals surface area contributed by atoms with E-state index in [1.807, 2.05) is 55.5 Å². The van der Waals surface area contributed by atoms with Gasteiger partial charge in [-0.1, -0.05) is 43.2 Å². The first-order chi connectivity index (χ1) is 12.1. The maximum Gasteiger partial charge on any atom is 0.266 e. The molecule has 4 heteroatoms. The number of nitrogens with two attached hydrogens (primary N) is 1. The zero-order chi connectivity index (χ0) is 17.8. The number of nitrogens with zero attached hydrogens (tertiary/aromatic N) is 2. The van der Waals surface area contributed by atoms with Crippen molar-refractivity contribution >= 4 is 10.9 Å². The van der Waals surface area contributed by atoms with E-state index in [0.717, 1.165) is 30.0 Å². The smallest absolute Gasteiger partial charge is 0.266 e. The standard InChI is InChI=1S/C21H25N3O/c1-4-5-14-22-16(3)20-23-19-9-7-6-8-18(19)21(25)24(20)17-12-10-15(2)11-13-17/h6-13,16,22H,4-5,14H2,1-3H3/p+1/t16-/m1/s1. The first kappa shape index (κ1) is 17.4. The van der Waals surface area contributed by atoms with E-state index in [0.29, 0.717) is 5.39 Å². The summed E-state index contributed by atoms with van der Waals surface area (Å²) in [6.07, 6.45) is 2.33. The summed E-state index contributed by atoms with van der Waals surface area (Å²) in [4.78, 5) is 18.0. The third kappa shape index (κ3) is 3.64. The first-order valence-corrected chi connectivity index (χ1v) is 9.04. The molecule has 1 aromatic heterocycles. The highest BCUT2D eigenvalue weighted by atomic mass is 16.1. The molecule has 0 unspecified atom stereocenters. The fourth-order valence-electron chi connectivity index (χ4n) is 3.08. The van der Waals surface area contributed by atoms with Crippen LogP contribution in [0.25, 0.3) is 16.6 Å². The van der Waals surface area contributed by atoms with Crippen molar-refractivity contribution in [1.82, 2.24) is 9.55 Å². The number of unbranched alkanes of at least 4 members (excludes halogenated alkanes) is 1. The Labute approximate surface area is 148 Å². The van der Waals surface area contributed by atoms with Crippen molar-refractivity contribution in [1.29, 1.82) is 0 Å². The summed E-state index contributed by atoms with van der Waals surface area (Å²) in [5.41, 5.74) is 2.82. The first-order valence-electron chi connectivity index (χ1n) is 9.04. The van der Waals surface area contributed by atoms with Gasteiger partial charge in [-0.25, -0.2) is 4.98 Å². The summed E-state index contributed by atoms with van der Waals surface area (Å²) >= 11 is 0. The molecule has 25 heavy (non-hydrogen) atoms. The Morgan fingerprint density at radius 3 is 2.56 bits per heavy atom. The highest BCUT2D eigenvalue weighted by molar-refractivity contribution is 5.77. The molecule has 0 fully saturated rings. The predicted molar refractivity (Wildman–Crippen MR) is 102 cm³/mol. The molecule has 0 aliphatic carbocycles. The largest absolute Gasteiger partial charge is 0.338 e. The summed E-state index contributed by atoms with van der Waals surface area (Å²) in [5, 5.41) is 2.93. The van der Waals surface area contributed by atoms with Crippen molar-refractivity contribution in [2.24, 2.45) is 0 Å². The molecule has 0 spiro atoms. The Morgan fingerprint density at radius 2 is 1.84 bits per heavy atom. The van der Waals surface area contributed by atoms with Crippen LogP contribution in [0.2, 0.25) is 0 Å². The van der Waals surface area contributed by atoms with E-state index < -0.39 is 0 Å². The monoisotopic (exact) mass is 336 g/mol. The Balaban J connectivity index is 2.17. The zero-order valence-corrected chi connectivity index (χ0v) is 15.2. The lowest BCUT2D eigenvalue weighted by Gasteiger charge is -2.17. The quantitative estimate of drug-likeness (QED) is 0.703. The van der Waals surface area contributed by atoms with Crippen LogP contribution in [0.15, 0.2) is 53.3 Å². The van der Waals surface area contributed by atoms with Crippen molar-refractivity contribution < 1.29 is 5.32 Å². The minimum atomic E-state index is 0.000180. The van der Waals surface area contributed by atoms with E-state index in [4.69, 9.17) is 4.98 Å². The van der Waals surface area contributed by atoms with Crippen LogP contribution in [0, 0.1) is 6.92 Å². The van der Waals surface area contributed by atoms with Crippen molar-refractivity contribution in [3.05, 3.63) is 70.3 Å². The van der Waals surface area contributed by atoms with Crippen LogP contribution in [0.3, 0.4) is 0 Å². The van der Waals surface area contributed by atoms with Crippen LogP contribution >= 0.6 is 0 Å². The molecule has 4 nitrogen and oxygen atoms in total. The summed E-state index contributed by atoms with van der Waals surface area (Å²) < 4.78 is 1.77. The summed E-state index contributed by atoms with van der Waals surface area (Å²) in [7, 11) is 0. The number of quaternary nitrogens is 1. The number of fused-ring (bicyclic) bond motifs is 1. The van der Waals surface area contributed by atoms with Crippen LogP contribution in [-0.4, -0.2) is 16.1 Å². The Bertz CT molecular complexity index is 913. The normalized spacial score (nSPS) is 12.4. The van der Waals surface area contributed by atoms with Gasteiger partial charge >= 0.3 is 0 Å². The molecule has 2 N–H and O–H groups in total. The van der Waals surface area contributed by atoms with Gasteiger partial charge in [0.2, 0.25) is 0 Å². The molecule has 1 atom stereocenters. The van der Waals surface area contributed by atoms with Gasteiger partial charge in [0.05, 0.1) is 23.1 Å². The van der Waals surface area contributed by atoms with Crippen molar-refractivity contribution in [2.75, 3.05) is 6.54 Å². The second kappa shape index (κ2) is 7.62. The molecule has 3 rings (SSSR count). The highest BCUT2D eigenvalue weighted by Crippen LogP contribution is 2.16. The molecular weight excluding hydrogens is 310 g/mol. The number of benzene rings is 2. The minimum Gasteiger partial charge on any atom is -0.338 e. The average Bonchev–Trinajstić information content (AvgIpc) is 2.63. The molecule has 0 aliphatic heterocycles. The molecule has 0 saturated carbocycles. The molecule has 0 saturated heterocycles. The van der Waals surface area contributed by atoms with Gasteiger partial charge in [-0.15, -0.1) is 0 Å². The van der Waals surface area contributed by atoms with Crippen LogP contribution in [0.4, 0.5) is 0 Å². The third-order valence-electron chi connectivity index (χ3n) is 4.58. The molecule has 2 aromatic carbocycles. The number of hydrogen-bond donors (Lipinski definition) is 1. The Hall–Kier alpha value is -2.46. The zero-order valence-electron chi connectivity index (χ0n) is 15.2. The van der Waals surface area contributed by atoms with Gasteiger partial charge in [0, 0.05) is 0 Å². The van der Waals surface area contributed by atoms with E-state index in [1.165, 1.54) is 12.0 Å². The maximum atomic E-state index is 13.2. The second-order valence-electron chi connectivity index (χ2n) is 6.63. The Morgan fingerprint density at radius 1 is 1.12 bits per heavy atom. The Kier molecular flexibility index (Phi) is 5.29. The molecule has 1 heterocycles. The average molecular weight is 336 g/mol. The number of hydrogen-bond acceptors (Lipinski definition) is 2. The SMILES string of the molecule is CCCC[NH2+][C@H](C)c1nc2ccccc2c(=O)n1-c1ccc(C)cc1. The van der Waals surface area contributed by atoms with E-state index in [9.17, 15) is 4.79 Å². The van der Waals surface area contributed by atoms with Crippen LogP contribution in [0.5, 0.6) is 0 Å². The molecule has 0 bridgehead atoms. The molecule has 0 radical (unpaired) electrons. The summed E-state index contributed by atoms with van der Waals surface area (Å²) in [5.74, 6) is 0.809. The maximum absolute atomic E-state index is 13.2. The van der Waals surface area contributed by atoms with E-state index in [2.05, 4.69) is 19.2 Å². The van der Waals surface area contributed by atoms with Crippen molar-refractivity contribution in [2.45, 2.75) is 39.7 Å². The van der Waals surface area contributed by atoms with Gasteiger partial charge in [0.15, 0.2) is 5.82 Å². The van der Waals surface area contributed by atoms with E-state index >= 15 is 0 Å². The van der Waals surface area contributed by atoms with E-state index in [1.54, 1.807) is 4.57 Å². The molecule has 130 valence electrons. The lowest BCUT2D eigenvalue weighted by molar-refractivity contribution is -0.694. The topological polar surface area (TPSA) is 51.5 Å². The number of para-hydroxylation sites is 1. The van der Waals surface area contributed by atoms with Crippen molar-refractivity contribution in [3.63, 3.8) is 0 Å². The fraction of sp³-hybridized carbons (Fsp3) is 0.333. The van der Waals surface area contributed by atoms with Crippen molar-refractivity contribution in [3.8, 4) is 5.69 Å². The molecular formula is C21H26N3O+. The lowest BCUT2D eigenvalue weighted by atomic mass is 10.2. The summed E-state index contributed by atoms with van der Waals surface area (Å²) in [6, 6.07) is 15.8. The fourth-order valence-corrected chi connectivity index (χ4v) is 3.08. The van der Waals surface area contributed by atoms with Gasteiger partial charge in [0.1, 0.15) is 6.04 Å². The van der Waals surface area contributed by atoms with Gasteiger partial charge in [-0.3, -0.25) is 9.36 Å². The minimum absolute atomic E-state index is 0.000180. The molecule has 0 aliphatic rings. The van der Waals surface area contributed by atoms with Gasteiger partial charge in [0.25, 0.3) is 5.56 Å². The highest BCUT2D eigenvalue weighted by Gasteiger charge is 2.19. The van der Waals surface area contributed by atoms with Crippen LogP contribution in [0.1, 0.15) is 44.1 Å². The van der Waals surface area contributed by atoms with Crippen LogP contribution < -0.4 is 10.9 Å². The van der Waals surface area contributed by atoms with E-state index in [-0.39, 0.29) is 11.6 Å². The number of aromatic nitrogens is 2. The molecule has 0 amide bonds. The van der Waals surface area contributed by atoms with Gasteiger partial charge < -0.3 is 5.32 Å². The lowest BCUT2D eigenvalue weighted by Crippen LogP contribution is -2.85. The summed E-state index contributed by atoms with van der Waals surface area (Å²) in [6.45, 7) is 7.40. The number of aryl methyl sites for hydroxylation is 1. The molecule has 3 aromatic rings. The van der Waals surface area contributed by atoms with Crippen LogP contribution in [-0.2, 0) is 0 Å². The third-order valence-corrected chi connectivity index (χ3v) is 4.58. The predicted octanol–water partition coefficient (Wildman–Crippen LogP) is 3.12. The van der Waals surface area contributed by atoms with Gasteiger partial charge in [-0.05, 0) is 44.5 Å².